The summed E-state index contributed by atoms with van der Waals surface area (Å²) in [5.74, 6) is 1.54. The Morgan fingerprint density at radius 3 is 2.38 bits per heavy atom. The highest BCUT2D eigenvalue weighted by atomic mass is 35.5. The molecule has 1 aromatic rings. The molecule has 0 spiro atoms. The first kappa shape index (κ1) is 18.2. The number of amides is 1. The molecule has 0 aromatic heterocycles. The van der Waals surface area contributed by atoms with Crippen molar-refractivity contribution in [3.63, 3.8) is 0 Å². The van der Waals surface area contributed by atoms with Crippen molar-refractivity contribution in [1.29, 1.82) is 0 Å². The van der Waals surface area contributed by atoms with E-state index in [4.69, 9.17) is 16.3 Å². The van der Waals surface area contributed by atoms with Crippen LogP contribution in [0.4, 0.5) is 0 Å². The number of benzene rings is 1. The molecule has 5 rings (SSSR count). The molecule has 26 heavy (non-hydrogen) atoms. The minimum Gasteiger partial charge on any atom is -0.452 e. The Labute approximate surface area is 163 Å². The molecule has 4 aliphatic rings. The number of esters is 1. The number of carbonyl (C=O) groups is 2. The molecule has 0 aliphatic heterocycles. The average Bonchev–Trinajstić information content (AvgIpc) is 2.58. The van der Waals surface area contributed by atoms with E-state index in [0.29, 0.717) is 10.6 Å². The van der Waals surface area contributed by atoms with Gasteiger partial charge in [0.25, 0.3) is 5.91 Å². The van der Waals surface area contributed by atoms with Gasteiger partial charge in [0.05, 0.1) is 10.6 Å². The van der Waals surface area contributed by atoms with Crippen molar-refractivity contribution in [2.75, 3.05) is 12.9 Å². The van der Waals surface area contributed by atoms with Gasteiger partial charge in [-0.05, 0) is 80.7 Å². The van der Waals surface area contributed by atoms with Crippen molar-refractivity contribution in [3.05, 3.63) is 28.8 Å². The molecular formula is C20H24ClNO3S. The topological polar surface area (TPSA) is 55.4 Å². The number of hydrogen-bond acceptors (Lipinski definition) is 4. The molecule has 0 atom stereocenters. The van der Waals surface area contributed by atoms with Gasteiger partial charge >= 0.3 is 5.97 Å². The first-order valence-corrected chi connectivity index (χ1v) is 10.9. The second kappa shape index (κ2) is 7.08. The first-order chi connectivity index (χ1) is 12.5. The molecule has 4 fully saturated rings. The third-order valence-corrected chi connectivity index (χ3v) is 7.23. The number of rotatable bonds is 5. The van der Waals surface area contributed by atoms with Crippen LogP contribution < -0.4 is 5.32 Å². The quantitative estimate of drug-likeness (QED) is 0.598. The third-order valence-electron chi connectivity index (χ3n) is 6.17. The molecule has 0 saturated heterocycles. The lowest BCUT2D eigenvalue weighted by molar-refractivity contribution is -0.130. The summed E-state index contributed by atoms with van der Waals surface area (Å²) in [6.07, 6.45) is 9.16. The number of ether oxygens (including phenoxy) is 1. The van der Waals surface area contributed by atoms with Gasteiger partial charge in [0, 0.05) is 10.4 Å². The normalized spacial score (nSPS) is 31.7. The molecule has 0 unspecified atom stereocenters. The van der Waals surface area contributed by atoms with Gasteiger partial charge in [0.2, 0.25) is 0 Å². The monoisotopic (exact) mass is 393 g/mol. The zero-order chi connectivity index (χ0) is 18.3. The van der Waals surface area contributed by atoms with E-state index in [0.717, 1.165) is 41.9 Å². The van der Waals surface area contributed by atoms with Crippen LogP contribution >= 0.6 is 23.4 Å². The summed E-state index contributed by atoms with van der Waals surface area (Å²) in [5, 5.41) is 3.56. The Morgan fingerprint density at radius 1 is 1.19 bits per heavy atom. The minimum absolute atomic E-state index is 0.0609. The van der Waals surface area contributed by atoms with Gasteiger partial charge in [-0.15, -0.1) is 11.8 Å². The van der Waals surface area contributed by atoms with Crippen LogP contribution in [0.2, 0.25) is 5.02 Å². The summed E-state index contributed by atoms with van der Waals surface area (Å²) in [5.41, 5.74) is 0.246. The predicted molar refractivity (Wildman–Crippen MR) is 103 cm³/mol. The van der Waals surface area contributed by atoms with Crippen molar-refractivity contribution in [2.45, 2.75) is 49.0 Å². The average molecular weight is 394 g/mol. The number of carbonyl (C=O) groups excluding carboxylic acids is 2. The number of thioether (sulfide) groups is 1. The Kier molecular flexibility index (Phi) is 4.95. The molecule has 4 saturated carbocycles. The molecule has 140 valence electrons. The van der Waals surface area contributed by atoms with Gasteiger partial charge in [-0.25, -0.2) is 4.79 Å². The van der Waals surface area contributed by atoms with Crippen LogP contribution in [-0.2, 0) is 9.53 Å². The Bertz CT molecular complexity index is 700. The van der Waals surface area contributed by atoms with E-state index < -0.39 is 5.97 Å². The summed E-state index contributed by atoms with van der Waals surface area (Å²) in [6, 6.07) is 5.23. The number of halogens is 1. The van der Waals surface area contributed by atoms with E-state index in [-0.39, 0.29) is 18.1 Å². The minimum atomic E-state index is -0.549. The van der Waals surface area contributed by atoms with Gasteiger partial charge in [-0.3, -0.25) is 4.79 Å². The maximum Gasteiger partial charge on any atom is 0.340 e. The Morgan fingerprint density at radius 2 is 1.81 bits per heavy atom. The standard InChI is InChI=1S/C20H24ClNO3S/c1-26-15-2-3-17(21)16(7-15)19(24)25-11-18(23)22-20-8-12-4-13(9-20)6-14(5-12)10-20/h2-3,7,12-14H,4-6,8-11H2,1H3,(H,22,23). The molecule has 4 aliphatic carbocycles. The predicted octanol–water partition coefficient (Wildman–Crippen LogP) is 4.30. The van der Waals surface area contributed by atoms with E-state index >= 15 is 0 Å². The van der Waals surface area contributed by atoms with Gasteiger partial charge in [-0.1, -0.05) is 11.6 Å². The van der Waals surface area contributed by atoms with E-state index in [2.05, 4.69) is 5.32 Å². The van der Waals surface area contributed by atoms with Gasteiger partial charge < -0.3 is 10.1 Å². The fourth-order valence-corrected chi connectivity index (χ4v) is 6.23. The van der Waals surface area contributed by atoms with Crippen LogP contribution in [0.5, 0.6) is 0 Å². The molecular weight excluding hydrogens is 370 g/mol. The highest BCUT2D eigenvalue weighted by Crippen LogP contribution is 2.55. The van der Waals surface area contributed by atoms with Crippen molar-refractivity contribution in [2.24, 2.45) is 17.8 Å². The van der Waals surface area contributed by atoms with Crippen molar-refractivity contribution < 1.29 is 14.3 Å². The van der Waals surface area contributed by atoms with Crippen molar-refractivity contribution >= 4 is 35.2 Å². The zero-order valence-corrected chi connectivity index (χ0v) is 16.5. The van der Waals surface area contributed by atoms with Gasteiger partial charge in [0.15, 0.2) is 6.61 Å². The molecule has 1 aromatic carbocycles. The summed E-state index contributed by atoms with van der Waals surface area (Å²) in [7, 11) is 0. The maximum absolute atomic E-state index is 12.4. The van der Waals surface area contributed by atoms with E-state index in [1.165, 1.54) is 31.0 Å². The second-order valence-corrected chi connectivity index (χ2v) is 9.45. The summed E-state index contributed by atoms with van der Waals surface area (Å²) in [4.78, 5) is 25.7. The third kappa shape index (κ3) is 3.61. The highest BCUT2D eigenvalue weighted by Gasteiger charge is 2.51. The van der Waals surface area contributed by atoms with Crippen LogP contribution in [-0.4, -0.2) is 30.3 Å². The smallest absolute Gasteiger partial charge is 0.340 e. The molecule has 4 nitrogen and oxygen atoms in total. The molecule has 0 radical (unpaired) electrons. The summed E-state index contributed by atoms with van der Waals surface area (Å²) < 4.78 is 5.24. The Balaban J connectivity index is 1.35. The molecule has 1 amide bonds. The van der Waals surface area contributed by atoms with Gasteiger partial charge in [0.1, 0.15) is 0 Å². The Hall–Kier alpha value is -1.20. The second-order valence-electron chi connectivity index (χ2n) is 8.17. The summed E-state index contributed by atoms with van der Waals surface area (Å²) in [6.45, 7) is -0.250. The number of hydrogen-bond donors (Lipinski definition) is 1. The van der Waals surface area contributed by atoms with E-state index in [9.17, 15) is 9.59 Å². The lowest BCUT2D eigenvalue weighted by Gasteiger charge is -2.56. The van der Waals surface area contributed by atoms with Crippen LogP contribution in [0, 0.1) is 17.8 Å². The van der Waals surface area contributed by atoms with Crippen LogP contribution in [0.25, 0.3) is 0 Å². The maximum atomic E-state index is 12.4. The van der Waals surface area contributed by atoms with E-state index in [1.807, 2.05) is 12.3 Å². The molecule has 4 bridgehead atoms. The fourth-order valence-electron chi connectivity index (χ4n) is 5.59. The number of nitrogens with one attached hydrogen (secondary N) is 1. The van der Waals surface area contributed by atoms with Crippen molar-refractivity contribution in [1.82, 2.24) is 5.32 Å². The first-order valence-electron chi connectivity index (χ1n) is 9.28. The van der Waals surface area contributed by atoms with Crippen LogP contribution in [0.3, 0.4) is 0 Å². The molecule has 0 heterocycles. The largest absolute Gasteiger partial charge is 0.452 e. The lowest BCUT2D eigenvalue weighted by Crippen LogP contribution is -2.60. The lowest BCUT2D eigenvalue weighted by atomic mass is 9.53. The summed E-state index contributed by atoms with van der Waals surface area (Å²) >= 11 is 7.62. The molecule has 1 N–H and O–H groups in total. The van der Waals surface area contributed by atoms with Crippen LogP contribution in [0.15, 0.2) is 23.1 Å². The fraction of sp³-hybridized carbons (Fsp3) is 0.600. The van der Waals surface area contributed by atoms with E-state index in [1.54, 1.807) is 12.1 Å². The van der Waals surface area contributed by atoms with Crippen LogP contribution in [0.1, 0.15) is 48.9 Å². The highest BCUT2D eigenvalue weighted by molar-refractivity contribution is 7.98. The zero-order valence-electron chi connectivity index (χ0n) is 14.9. The van der Waals surface area contributed by atoms with Gasteiger partial charge in [-0.2, -0.15) is 0 Å². The SMILES string of the molecule is CSc1ccc(Cl)c(C(=O)OCC(=O)NC23CC4CC(CC(C4)C2)C3)c1. The molecule has 6 heteroatoms. The van der Waals surface area contributed by atoms with Crippen molar-refractivity contribution in [3.8, 4) is 0 Å².